The van der Waals surface area contributed by atoms with E-state index in [9.17, 15) is 9.59 Å². The Hall–Kier alpha value is -4.06. The van der Waals surface area contributed by atoms with Crippen LogP contribution in [-0.2, 0) is 25.5 Å². The van der Waals surface area contributed by atoms with Crippen LogP contribution in [0.3, 0.4) is 0 Å². The zero-order chi connectivity index (χ0) is 30.0. The highest BCUT2D eigenvalue weighted by molar-refractivity contribution is 5.94. The smallest absolute Gasteiger partial charge is 0.305 e. The largest absolute Gasteiger partial charge is 0.480 e. The Morgan fingerprint density at radius 1 is 1.16 bits per heavy atom. The van der Waals surface area contributed by atoms with Crippen molar-refractivity contribution < 1.29 is 32.9 Å². The summed E-state index contributed by atoms with van der Waals surface area (Å²) < 4.78 is 37.8. The minimum atomic E-state index is -0.397. The van der Waals surface area contributed by atoms with Crippen LogP contribution in [0.25, 0.3) is 11.0 Å². The number of carbonyl (C=O) groups excluding carboxylic acids is 2. The van der Waals surface area contributed by atoms with Crippen LogP contribution in [0.4, 0.5) is 16.0 Å². The first kappa shape index (κ1) is 29.0. The average Bonchev–Trinajstić information content (AvgIpc) is 3.03. The maximum Gasteiger partial charge on any atom is 0.305 e. The number of pyridine rings is 3. The van der Waals surface area contributed by atoms with E-state index >= 15 is 4.39 Å². The Balaban J connectivity index is 1.10. The second-order valence-corrected chi connectivity index (χ2v) is 11.5. The van der Waals surface area contributed by atoms with Gasteiger partial charge in [-0.05, 0) is 70.1 Å². The van der Waals surface area contributed by atoms with Crippen LogP contribution in [0.2, 0.25) is 0 Å². The first-order valence-electron chi connectivity index (χ1n) is 14.8. The Labute approximate surface area is 249 Å². The maximum absolute atomic E-state index is 15.1. The number of esters is 1. The molecule has 7 rings (SSSR count). The molecule has 3 aromatic heterocycles. The molecule has 0 spiro atoms. The number of nitrogens with one attached hydrogen (secondary N) is 1. The lowest BCUT2D eigenvalue weighted by molar-refractivity contribution is -0.156. The first-order chi connectivity index (χ1) is 20.8. The first-order valence-corrected chi connectivity index (χ1v) is 14.8. The number of amides is 1. The molecule has 228 valence electrons. The Bertz CT molecular complexity index is 1510. The summed E-state index contributed by atoms with van der Waals surface area (Å²) >= 11 is 0. The molecule has 6 heterocycles. The molecular formula is C31H36FN5O6. The van der Waals surface area contributed by atoms with Crippen molar-refractivity contribution in [3.05, 3.63) is 41.8 Å². The van der Waals surface area contributed by atoms with Crippen molar-refractivity contribution in [2.75, 3.05) is 43.7 Å². The number of halogens is 1. The number of hydrogen-bond donors (Lipinski definition) is 1. The van der Waals surface area contributed by atoms with Crippen molar-refractivity contribution in [3.8, 4) is 11.6 Å². The van der Waals surface area contributed by atoms with E-state index in [0.29, 0.717) is 73.1 Å². The van der Waals surface area contributed by atoms with Crippen LogP contribution in [0.1, 0.15) is 57.4 Å². The SMILES string of the molecule is CCOC(=O)CCCOc1ccc2ncc(F)c(CCC34CCC(N(C)c5ccc6c(n5)NC(=O)CO6)(CC3)CO4)c2n1. The molecule has 0 aromatic carbocycles. The lowest BCUT2D eigenvalue weighted by Crippen LogP contribution is -2.62. The van der Waals surface area contributed by atoms with Crippen molar-refractivity contribution in [1.29, 1.82) is 0 Å². The molecule has 3 aromatic rings. The monoisotopic (exact) mass is 593 g/mol. The predicted octanol–water partition coefficient (Wildman–Crippen LogP) is 4.37. The molecule has 0 radical (unpaired) electrons. The summed E-state index contributed by atoms with van der Waals surface area (Å²) in [5, 5.41) is 2.78. The average molecular weight is 594 g/mol. The Morgan fingerprint density at radius 3 is 2.77 bits per heavy atom. The number of aromatic nitrogens is 3. The van der Waals surface area contributed by atoms with E-state index in [0.717, 1.165) is 31.5 Å². The van der Waals surface area contributed by atoms with E-state index in [1.54, 1.807) is 19.1 Å². The van der Waals surface area contributed by atoms with Gasteiger partial charge in [-0.15, -0.1) is 0 Å². The molecule has 2 saturated heterocycles. The lowest BCUT2D eigenvalue weighted by atomic mass is 9.68. The van der Waals surface area contributed by atoms with Crippen LogP contribution >= 0.6 is 0 Å². The fraction of sp³-hybridized carbons (Fsp3) is 0.516. The van der Waals surface area contributed by atoms with Gasteiger partial charge in [-0.1, -0.05) is 0 Å². The lowest BCUT2D eigenvalue weighted by Gasteiger charge is -2.56. The van der Waals surface area contributed by atoms with Gasteiger partial charge in [-0.25, -0.2) is 14.4 Å². The molecule has 2 bridgehead atoms. The number of carbonyl (C=O) groups is 2. The van der Waals surface area contributed by atoms with E-state index in [-0.39, 0.29) is 36.0 Å². The zero-order valence-corrected chi connectivity index (χ0v) is 24.5. The third-order valence-corrected chi connectivity index (χ3v) is 8.90. The number of nitrogens with zero attached hydrogens (tertiary/aromatic N) is 4. The van der Waals surface area contributed by atoms with E-state index in [4.69, 9.17) is 18.9 Å². The quantitative estimate of drug-likeness (QED) is 0.253. The summed E-state index contributed by atoms with van der Waals surface area (Å²) in [6, 6.07) is 7.23. The van der Waals surface area contributed by atoms with Gasteiger partial charge in [0.2, 0.25) is 5.88 Å². The molecule has 3 fully saturated rings. The van der Waals surface area contributed by atoms with Gasteiger partial charge < -0.3 is 29.2 Å². The highest BCUT2D eigenvalue weighted by Gasteiger charge is 2.52. The van der Waals surface area contributed by atoms with Crippen LogP contribution in [-0.4, -0.2) is 71.4 Å². The number of likely N-dealkylation sites (N-methyl/N-ethyl adjacent to an activating group) is 1. The van der Waals surface area contributed by atoms with Crippen LogP contribution in [0, 0.1) is 5.82 Å². The van der Waals surface area contributed by atoms with E-state index in [1.807, 2.05) is 19.2 Å². The number of aryl methyl sites for hydroxylation is 1. The summed E-state index contributed by atoms with van der Waals surface area (Å²) in [7, 11) is 2.02. The van der Waals surface area contributed by atoms with Gasteiger partial charge in [0.05, 0.1) is 48.2 Å². The second kappa shape index (κ2) is 11.9. The van der Waals surface area contributed by atoms with Gasteiger partial charge in [-0.2, -0.15) is 0 Å². The normalized spacial score (nSPS) is 22.4. The van der Waals surface area contributed by atoms with Gasteiger partial charge in [0.1, 0.15) is 11.6 Å². The zero-order valence-electron chi connectivity index (χ0n) is 24.5. The molecule has 12 heteroatoms. The van der Waals surface area contributed by atoms with E-state index in [1.165, 1.54) is 6.20 Å². The van der Waals surface area contributed by atoms with E-state index in [2.05, 4.69) is 25.2 Å². The number of fused-ring (bicyclic) bond motifs is 5. The molecule has 4 aliphatic rings. The van der Waals surface area contributed by atoms with Gasteiger partial charge in [0, 0.05) is 25.1 Å². The number of rotatable bonds is 11. The Morgan fingerprint density at radius 2 is 2.00 bits per heavy atom. The van der Waals surface area contributed by atoms with Crippen LogP contribution < -0.4 is 19.7 Å². The maximum atomic E-state index is 15.1. The predicted molar refractivity (Wildman–Crippen MR) is 156 cm³/mol. The standard InChI is InChI=1S/C31H36FN5O6/c1-3-40-27(39)5-4-16-41-26-9-6-22-28(36-26)20(21(32)17-33-22)10-11-31-14-12-30(13-15-31,19-43-31)37(2)24-8-7-23-29(34-24)35-25(38)18-42-23/h6-9,17H,3-5,10-16,18-19H2,1-2H3,(H,34,35,38). The van der Waals surface area contributed by atoms with Crippen LogP contribution in [0.5, 0.6) is 11.6 Å². The summed E-state index contributed by atoms with van der Waals surface area (Å²) in [6.07, 6.45) is 6.63. The number of ether oxygens (including phenoxy) is 4. The highest BCUT2D eigenvalue weighted by atomic mass is 19.1. The van der Waals surface area contributed by atoms with Gasteiger partial charge >= 0.3 is 5.97 Å². The summed E-state index contributed by atoms with van der Waals surface area (Å²) in [4.78, 5) is 39.0. The van der Waals surface area contributed by atoms with Crippen LogP contribution in [0.15, 0.2) is 30.5 Å². The topological polar surface area (TPSA) is 125 Å². The summed E-state index contributed by atoms with van der Waals surface area (Å²) in [6.45, 7) is 2.94. The molecule has 1 aliphatic carbocycles. The molecule has 3 aliphatic heterocycles. The number of anilines is 2. The highest BCUT2D eigenvalue weighted by Crippen LogP contribution is 2.49. The summed E-state index contributed by atoms with van der Waals surface area (Å²) in [5.41, 5.74) is 1.03. The molecule has 0 atom stereocenters. The minimum absolute atomic E-state index is 0.00747. The fourth-order valence-electron chi connectivity index (χ4n) is 6.26. The van der Waals surface area contributed by atoms with Crippen molar-refractivity contribution >= 4 is 34.5 Å². The van der Waals surface area contributed by atoms with Gasteiger partial charge in [0.15, 0.2) is 18.2 Å². The third-order valence-electron chi connectivity index (χ3n) is 8.90. The van der Waals surface area contributed by atoms with Crippen molar-refractivity contribution in [2.24, 2.45) is 0 Å². The molecule has 0 unspecified atom stereocenters. The minimum Gasteiger partial charge on any atom is -0.480 e. The van der Waals surface area contributed by atoms with E-state index < -0.39 is 5.82 Å². The van der Waals surface area contributed by atoms with Crippen molar-refractivity contribution in [2.45, 2.75) is 69.4 Å². The third kappa shape index (κ3) is 5.93. The second-order valence-electron chi connectivity index (χ2n) is 11.5. The van der Waals surface area contributed by atoms with Crippen molar-refractivity contribution in [1.82, 2.24) is 15.0 Å². The molecule has 43 heavy (non-hydrogen) atoms. The molecule has 1 amide bonds. The summed E-state index contributed by atoms with van der Waals surface area (Å²) in [5.74, 6) is 1.24. The molecule has 1 N–H and O–H groups in total. The fourth-order valence-corrected chi connectivity index (χ4v) is 6.26. The molecular weight excluding hydrogens is 557 g/mol. The van der Waals surface area contributed by atoms with Gasteiger partial charge in [-0.3, -0.25) is 14.6 Å². The molecule has 1 saturated carbocycles. The van der Waals surface area contributed by atoms with Gasteiger partial charge in [0.25, 0.3) is 5.91 Å². The molecule has 11 nitrogen and oxygen atoms in total. The van der Waals surface area contributed by atoms with Crippen molar-refractivity contribution in [3.63, 3.8) is 0 Å². The Kier molecular flexibility index (Phi) is 8.04. The number of hydrogen-bond acceptors (Lipinski definition) is 10.